The molecule has 1 aliphatic heterocycles. The summed E-state index contributed by atoms with van der Waals surface area (Å²) < 4.78 is 15.9. The zero-order valence-electron chi connectivity index (χ0n) is 10.4. The van der Waals surface area contributed by atoms with Crippen LogP contribution in [0.2, 0.25) is 0 Å². The average molecular weight is 278 g/mol. The number of rotatable bonds is 5. The van der Waals surface area contributed by atoms with E-state index < -0.39 is 28.8 Å². The molecular weight excluding hydrogens is 260 g/mol. The van der Waals surface area contributed by atoms with Crippen LogP contribution in [0.1, 0.15) is 6.42 Å². The maximum absolute atomic E-state index is 11.8. The van der Waals surface area contributed by atoms with Crippen LogP contribution < -0.4 is 5.32 Å². The summed E-state index contributed by atoms with van der Waals surface area (Å²) in [5, 5.41) is 11.6. The Hall–Kier alpha value is -1.15. The number of nitrogens with zero attached hydrogens (tertiary/aromatic N) is 1. The summed E-state index contributed by atoms with van der Waals surface area (Å²) in [6, 6.07) is -1.31. The molecule has 0 radical (unpaired) electrons. The van der Waals surface area contributed by atoms with Gasteiger partial charge in [0, 0.05) is 49.4 Å². The molecule has 0 bridgehead atoms. The van der Waals surface area contributed by atoms with E-state index in [1.165, 1.54) is 12.0 Å². The van der Waals surface area contributed by atoms with Crippen molar-refractivity contribution in [3.05, 3.63) is 0 Å². The second kappa shape index (κ2) is 6.69. The van der Waals surface area contributed by atoms with Crippen molar-refractivity contribution in [2.24, 2.45) is 0 Å². The summed E-state index contributed by atoms with van der Waals surface area (Å²) in [6.45, 7) is 0.525. The molecule has 1 heterocycles. The summed E-state index contributed by atoms with van der Waals surface area (Å²) >= 11 is 0. The third-order valence-corrected chi connectivity index (χ3v) is 3.59. The fourth-order valence-electron chi connectivity index (χ4n) is 1.83. The lowest BCUT2D eigenvalue weighted by molar-refractivity contribution is -0.141. The van der Waals surface area contributed by atoms with Crippen LogP contribution >= 0.6 is 0 Å². The van der Waals surface area contributed by atoms with Crippen LogP contribution in [-0.4, -0.2) is 70.6 Å². The van der Waals surface area contributed by atoms with Crippen molar-refractivity contribution in [1.82, 2.24) is 10.2 Å². The summed E-state index contributed by atoms with van der Waals surface area (Å²) in [5.74, 6) is -0.686. The third kappa shape index (κ3) is 3.95. The Morgan fingerprint density at radius 3 is 2.72 bits per heavy atom. The largest absolute Gasteiger partial charge is 0.480 e. The standard InChI is InChI=1S/C10H18N2O5S/c1-17-7-5-8(9(13)14)12(6-7)10(15)11-3-4-18(2)16/h7-8H,3-6H2,1-2H3,(H,11,15)(H,13,14). The Labute approximate surface area is 108 Å². The van der Waals surface area contributed by atoms with Gasteiger partial charge in [-0.25, -0.2) is 9.59 Å². The second-order valence-electron chi connectivity index (χ2n) is 4.11. The molecule has 0 aliphatic carbocycles. The zero-order chi connectivity index (χ0) is 13.7. The molecule has 0 aromatic carbocycles. The van der Waals surface area contributed by atoms with E-state index in [2.05, 4.69) is 5.32 Å². The molecule has 8 heteroatoms. The number of aliphatic carboxylic acids is 1. The van der Waals surface area contributed by atoms with Gasteiger partial charge in [-0.1, -0.05) is 0 Å². The average Bonchev–Trinajstić information content (AvgIpc) is 2.72. The molecule has 1 fully saturated rings. The number of carboxylic acid groups (broad SMARTS) is 1. The molecule has 18 heavy (non-hydrogen) atoms. The molecular formula is C10H18N2O5S. The number of urea groups is 1. The predicted octanol–water partition coefficient (Wildman–Crippen LogP) is -0.752. The minimum absolute atomic E-state index is 0.253. The molecule has 3 atom stereocenters. The van der Waals surface area contributed by atoms with Crippen LogP contribution in [-0.2, 0) is 20.3 Å². The van der Waals surface area contributed by atoms with Gasteiger partial charge in [-0.2, -0.15) is 0 Å². The van der Waals surface area contributed by atoms with Crippen LogP contribution in [0.3, 0.4) is 0 Å². The van der Waals surface area contributed by atoms with Crippen molar-refractivity contribution in [1.29, 1.82) is 0 Å². The quantitative estimate of drug-likeness (QED) is 0.690. The number of likely N-dealkylation sites (tertiary alicyclic amines) is 1. The normalized spacial score (nSPS) is 24.9. The molecule has 1 saturated heterocycles. The number of carbonyl (C=O) groups excluding carboxylic acids is 1. The monoisotopic (exact) mass is 278 g/mol. The first-order chi connectivity index (χ1) is 8.45. The van der Waals surface area contributed by atoms with Crippen molar-refractivity contribution >= 4 is 22.8 Å². The molecule has 2 amide bonds. The van der Waals surface area contributed by atoms with E-state index in [4.69, 9.17) is 9.84 Å². The Kier molecular flexibility index (Phi) is 5.54. The number of ether oxygens (including phenoxy) is 1. The Morgan fingerprint density at radius 1 is 1.56 bits per heavy atom. The van der Waals surface area contributed by atoms with Crippen LogP contribution in [0, 0.1) is 0 Å². The lowest BCUT2D eigenvalue weighted by Crippen LogP contribution is -2.47. The fraction of sp³-hybridized carbons (Fsp3) is 0.800. The van der Waals surface area contributed by atoms with Gasteiger partial charge in [-0.05, 0) is 0 Å². The molecule has 1 rings (SSSR count). The Balaban J connectivity index is 2.54. The minimum Gasteiger partial charge on any atom is -0.480 e. The molecule has 3 unspecified atom stereocenters. The number of amides is 2. The SMILES string of the molecule is COC1CC(C(=O)O)N(C(=O)NCCS(C)=O)C1. The highest BCUT2D eigenvalue weighted by molar-refractivity contribution is 7.84. The lowest BCUT2D eigenvalue weighted by Gasteiger charge is -2.21. The zero-order valence-corrected chi connectivity index (χ0v) is 11.2. The van der Waals surface area contributed by atoms with Crippen LogP contribution in [0.25, 0.3) is 0 Å². The molecule has 0 spiro atoms. The minimum atomic E-state index is -1.04. The van der Waals surface area contributed by atoms with Crippen molar-refractivity contribution in [2.45, 2.75) is 18.6 Å². The smallest absolute Gasteiger partial charge is 0.326 e. The first kappa shape index (κ1) is 14.9. The van der Waals surface area contributed by atoms with Gasteiger partial charge < -0.3 is 20.1 Å². The van der Waals surface area contributed by atoms with Crippen LogP contribution in [0.15, 0.2) is 0 Å². The van der Waals surface area contributed by atoms with Gasteiger partial charge in [0.05, 0.1) is 6.10 Å². The summed E-state index contributed by atoms with van der Waals surface area (Å²) in [6.07, 6.45) is 1.58. The van der Waals surface area contributed by atoms with E-state index in [1.54, 1.807) is 6.26 Å². The van der Waals surface area contributed by atoms with E-state index in [-0.39, 0.29) is 19.2 Å². The summed E-state index contributed by atoms with van der Waals surface area (Å²) in [7, 11) is 0.507. The van der Waals surface area contributed by atoms with Crippen LogP contribution in [0.5, 0.6) is 0 Å². The summed E-state index contributed by atoms with van der Waals surface area (Å²) in [4.78, 5) is 24.1. The first-order valence-corrected chi connectivity index (χ1v) is 7.28. The predicted molar refractivity (Wildman–Crippen MR) is 65.9 cm³/mol. The highest BCUT2D eigenvalue weighted by Gasteiger charge is 2.39. The Bertz CT molecular complexity index is 349. The van der Waals surface area contributed by atoms with Crippen molar-refractivity contribution in [3.63, 3.8) is 0 Å². The molecule has 2 N–H and O–H groups in total. The van der Waals surface area contributed by atoms with Gasteiger partial charge in [0.2, 0.25) is 0 Å². The maximum atomic E-state index is 11.8. The molecule has 104 valence electrons. The summed E-state index contributed by atoms with van der Waals surface area (Å²) in [5.41, 5.74) is 0. The van der Waals surface area contributed by atoms with Crippen LogP contribution in [0.4, 0.5) is 4.79 Å². The molecule has 0 aromatic rings. The number of hydrogen-bond acceptors (Lipinski definition) is 4. The number of nitrogens with one attached hydrogen (secondary N) is 1. The van der Waals surface area contributed by atoms with Gasteiger partial charge in [0.1, 0.15) is 6.04 Å². The number of carbonyl (C=O) groups is 2. The second-order valence-corrected chi connectivity index (χ2v) is 5.66. The fourth-order valence-corrected chi connectivity index (χ4v) is 2.22. The van der Waals surface area contributed by atoms with E-state index in [1.807, 2.05) is 0 Å². The number of carboxylic acids is 1. The van der Waals surface area contributed by atoms with Crippen molar-refractivity contribution in [3.8, 4) is 0 Å². The Morgan fingerprint density at radius 2 is 2.22 bits per heavy atom. The van der Waals surface area contributed by atoms with E-state index in [9.17, 15) is 13.8 Å². The molecule has 7 nitrogen and oxygen atoms in total. The van der Waals surface area contributed by atoms with Gasteiger partial charge in [-0.15, -0.1) is 0 Å². The van der Waals surface area contributed by atoms with Gasteiger partial charge in [-0.3, -0.25) is 4.21 Å². The first-order valence-electron chi connectivity index (χ1n) is 5.55. The highest BCUT2D eigenvalue weighted by atomic mass is 32.2. The number of methoxy groups -OCH3 is 1. The lowest BCUT2D eigenvalue weighted by atomic mass is 10.2. The molecule has 0 aromatic heterocycles. The van der Waals surface area contributed by atoms with Gasteiger partial charge in [0.25, 0.3) is 0 Å². The van der Waals surface area contributed by atoms with Crippen molar-refractivity contribution < 1.29 is 23.6 Å². The van der Waals surface area contributed by atoms with Crippen molar-refractivity contribution in [2.75, 3.05) is 32.2 Å². The topological polar surface area (TPSA) is 95.9 Å². The van der Waals surface area contributed by atoms with E-state index in [0.717, 1.165) is 0 Å². The third-order valence-electron chi connectivity index (χ3n) is 2.81. The van der Waals surface area contributed by atoms with E-state index >= 15 is 0 Å². The molecule has 0 saturated carbocycles. The highest BCUT2D eigenvalue weighted by Crippen LogP contribution is 2.20. The van der Waals surface area contributed by atoms with Gasteiger partial charge in [0.15, 0.2) is 0 Å². The molecule has 1 aliphatic rings. The number of hydrogen-bond donors (Lipinski definition) is 2. The van der Waals surface area contributed by atoms with Gasteiger partial charge >= 0.3 is 12.0 Å². The maximum Gasteiger partial charge on any atom is 0.326 e. The van der Waals surface area contributed by atoms with E-state index in [0.29, 0.717) is 12.2 Å².